The molecule has 4 nitrogen and oxygen atoms in total. The van der Waals surface area contributed by atoms with Crippen molar-refractivity contribution in [2.75, 3.05) is 0 Å². The maximum atomic E-state index is 3.32. The van der Waals surface area contributed by atoms with E-state index in [4.69, 9.17) is 0 Å². The fraction of sp³-hybridized carbons (Fsp3) is 0. The highest BCUT2D eigenvalue weighted by Crippen LogP contribution is 2.33. The van der Waals surface area contributed by atoms with Crippen LogP contribution in [0.25, 0.3) is 11.1 Å². The van der Waals surface area contributed by atoms with Gasteiger partial charge in [0.2, 0.25) is 0 Å². The zero-order valence-electron chi connectivity index (χ0n) is 11.9. The molecule has 0 fully saturated rings. The summed E-state index contributed by atoms with van der Waals surface area (Å²) in [4.78, 5) is 13.3. The normalized spacial score (nSPS) is 10.7. The zero-order valence-corrected chi connectivity index (χ0v) is 11.9. The molecule has 0 spiro atoms. The van der Waals surface area contributed by atoms with Crippen molar-refractivity contribution in [2.24, 2.45) is 0 Å². The van der Waals surface area contributed by atoms with E-state index in [1.54, 1.807) is 0 Å². The summed E-state index contributed by atoms with van der Waals surface area (Å²) in [6.07, 6.45) is 7.78. The van der Waals surface area contributed by atoms with Gasteiger partial charge in [-0.3, -0.25) is 0 Å². The highest BCUT2D eigenvalue weighted by atomic mass is 14.8. The molecule has 4 aromatic heterocycles. The lowest BCUT2D eigenvalue weighted by molar-refractivity contribution is 1.26. The topological polar surface area (TPSA) is 63.2 Å². The first-order valence-corrected chi connectivity index (χ1v) is 7.23. The Morgan fingerprint density at radius 1 is 0.455 bits per heavy atom. The van der Waals surface area contributed by atoms with E-state index in [9.17, 15) is 0 Å². The first-order chi connectivity index (χ1) is 10.9. The van der Waals surface area contributed by atoms with Gasteiger partial charge in [0.05, 0.1) is 0 Å². The molecule has 0 unspecified atom stereocenters. The molecule has 4 rings (SSSR count). The third-order valence-corrected chi connectivity index (χ3v) is 3.72. The van der Waals surface area contributed by atoms with Crippen LogP contribution in [0.4, 0.5) is 0 Å². The molecule has 4 heteroatoms. The molecule has 0 amide bonds. The van der Waals surface area contributed by atoms with Crippen molar-refractivity contribution < 1.29 is 0 Å². The fourth-order valence-electron chi connectivity index (χ4n) is 2.77. The van der Waals surface area contributed by atoms with E-state index in [-0.39, 0.29) is 0 Å². The highest BCUT2D eigenvalue weighted by molar-refractivity contribution is 6.01. The second-order valence-electron chi connectivity index (χ2n) is 5.09. The van der Waals surface area contributed by atoms with Gasteiger partial charge < -0.3 is 19.9 Å². The van der Waals surface area contributed by atoms with Crippen LogP contribution in [0.2, 0.25) is 0 Å². The molecule has 0 aliphatic rings. The number of H-pyrrole nitrogens is 4. The van der Waals surface area contributed by atoms with Crippen LogP contribution in [0.1, 0.15) is 22.8 Å². The van der Waals surface area contributed by atoms with Gasteiger partial charge >= 0.3 is 0 Å². The van der Waals surface area contributed by atoms with E-state index >= 15 is 0 Å². The Kier molecular flexibility index (Phi) is 3.05. The molecule has 4 N–H and O–H groups in total. The average Bonchev–Trinajstić information content (AvgIpc) is 3.35. The Morgan fingerprint density at radius 2 is 0.727 bits per heavy atom. The van der Waals surface area contributed by atoms with E-state index in [0.29, 0.717) is 0 Å². The minimum atomic E-state index is 1.07. The van der Waals surface area contributed by atoms with Gasteiger partial charge in [0.1, 0.15) is 0 Å². The monoisotopic (exact) mass is 288 g/mol. The number of aromatic nitrogens is 4. The van der Waals surface area contributed by atoms with Crippen LogP contribution < -0.4 is 0 Å². The molecule has 0 atom stereocenters. The molecule has 0 radical (unpaired) electrons. The maximum Gasteiger partial charge on any atom is 0.0482 e. The van der Waals surface area contributed by atoms with E-state index in [1.165, 1.54) is 0 Å². The molecule has 4 aromatic rings. The number of hydrogen-bond donors (Lipinski definition) is 4. The molecule has 108 valence electrons. The maximum absolute atomic E-state index is 3.32. The van der Waals surface area contributed by atoms with E-state index in [2.05, 4.69) is 44.2 Å². The largest absolute Gasteiger partial charge is 0.361 e. The minimum absolute atomic E-state index is 1.07. The van der Waals surface area contributed by atoms with Gasteiger partial charge in [-0.15, -0.1) is 0 Å². The third kappa shape index (κ3) is 2.11. The van der Waals surface area contributed by atoms with Crippen LogP contribution in [0, 0.1) is 0 Å². The molecule has 0 aliphatic heterocycles. The number of rotatable bonds is 4. The molecular formula is C18H16N4. The van der Waals surface area contributed by atoms with Gasteiger partial charge in [-0.25, -0.2) is 0 Å². The summed E-state index contributed by atoms with van der Waals surface area (Å²) in [5.41, 5.74) is 6.53. The van der Waals surface area contributed by atoms with Gasteiger partial charge in [0.15, 0.2) is 0 Å². The zero-order chi connectivity index (χ0) is 14.8. The SMILES string of the molecule is c1c[nH]c(C(=C(c2ccc[nH]2)c2ccc[nH]2)c2ccc[nH]2)c1. The van der Waals surface area contributed by atoms with Crippen molar-refractivity contribution >= 4 is 11.1 Å². The summed E-state index contributed by atoms with van der Waals surface area (Å²) in [6.45, 7) is 0. The van der Waals surface area contributed by atoms with E-state index < -0.39 is 0 Å². The van der Waals surface area contributed by atoms with Crippen LogP contribution in [0.15, 0.2) is 73.3 Å². The predicted molar refractivity (Wildman–Crippen MR) is 88.2 cm³/mol. The van der Waals surface area contributed by atoms with Crippen LogP contribution >= 0.6 is 0 Å². The molecule has 0 aromatic carbocycles. The Hall–Kier alpha value is -3.14. The van der Waals surface area contributed by atoms with Crippen molar-refractivity contribution in [3.8, 4) is 0 Å². The van der Waals surface area contributed by atoms with Crippen LogP contribution in [0.3, 0.4) is 0 Å². The summed E-state index contributed by atoms with van der Waals surface area (Å²) >= 11 is 0. The Balaban J connectivity index is 2.06. The van der Waals surface area contributed by atoms with Gasteiger partial charge in [-0.1, -0.05) is 0 Å². The summed E-state index contributed by atoms with van der Waals surface area (Å²) in [5, 5.41) is 0. The smallest absolute Gasteiger partial charge is 0.0482 e. The van der Waals surface area contributed by atoms with E-state index in [1.807, 2.05) is 49.1 Å². The fourth-order valence-corrected chi connectivity index (χ4v) is 2.77. The summed E-state index contributed by atoms with van der Waals surface area (Å²) < 4.78 is 0. The first-order valence-electron chi connectivity index (χ1n) is 7.23. The average molecular weight is 288 g/mol. The predicted octanol–water partition coefficient (Wildman–Crippen LogP) is 4.01. The van der Waals surface area contributed by atoms with Gasteiger partial charge in [-0.2, -0.15) is 0 Å². The van der Waals surface area contributed by atoms with Gasteiger partial charge in [0.25, 0.3) is 0 Å². The second kappa shape index (κ2) is 5.33. The number of hydrogen-bond acceptors (Lipinski definition) is 0. The molecule has 0 aliphatic carbocycles. The van der Waals surface area contributed by atoms with Gasteiger partial charge in [-0.05, 0) is 48.5 Å². The summed E-state index contributed by atoms with van der Waals surface area (Å²) in [6, 6.07) is 16.4. The highest BCUT2D eigenvalue weighted by Gasteiger charge is 2.18. The van der Waals surface area contributed by atoms with Crippen molar-refractivity contribution in [3.05, 3.63) is 96.1 Å². The Bertz CT molecular complexity index is 699. The Morgan fingerprint density at radius 3 is 0.909 bits per heavy atom. The molecule has 22 heavy (non-hydrogen) atoms. The lowest BCUT2D eigenvalue weighted by Crippen LogP contribution is -1.98. The van der Waals surface area contributed by atoms with Crippen molar-refractivity contribution in [2.45, 2.75) is 0 Å². The summed E-state index contributed by atoms with van der Waals surface area (Å²) in [7, 11) is 0. The van der Waals surface area contributed by atoms with Gasteiger partial charge in [0, 0.05) is 58.7 Å². The van der Waals surface area contributed by atoms with Crippen LogP contribution in [-0.2, 0) is 0 Å². The third-order valence-electron chi connectivity index (χ3n) is 3.72. The first kappa shape index (κ1) is 12.6. The molecule has 0 saturated heterocycles. The molecule has 0 bridgehead atoms. The number of nitrogens with one attached hydrogen (secondary N) is 4. The standard InChI is InChI=1S/C18H16N4/c1-5-13(19-9-1)17(14-6-2-10-20-14)18(15-7-3-11-21-15)16-8-4-12-22-16/h1-12,19-22H. The Labute approximate surface area is 127 Å². The van der Waals surface area contributed by atoms with Crippen molar-refractivity contribution in [1.29, 1.82) is 0 Å². The van der Waals surface area contributed by atoms with Crippen LogP contribution in [0.5, 0.6) is 0 Å². The second-order valence-corrected chi connectivity index (χ2v) is 5.09. The minimum Gasteiger partial charge on any atom is -0.361 e. The van der Waals surface area contributed by atoms with Crippen LogP contribution in [-0.4, -0.2) is 19.9 Å². The molecular weight excluding hydrogens is 272 g/mol. The lowest BCUT2D eigenvalue weighted by Gasteiger charge is -2.12. The number of aromatic amines is 4. The van der Waals surface area contributed by atoms with E-state index in [0.717, 1.165) is 33.9 Å². The molecule has 4 heterocycles. The van der Waals surface area contributed by atoms with Crippen molar-refractivity contribution in [3.63, 3.8) is 0 Å². The molecule has 0 saturated carbocycles. The van der Waals surface area contributed by atoms with Crippen molar-refractivity contribution in [1.82, 2.24) is 19.9 Å². The quantitative estimate of drug-likeness (QED) is 0.438. The lowest BCUT2D eigenvalue weighted by atomic mass is 9.97. The summed E-state index contributed by atoms with van der Waals surface area (Å²) in [5.74, 6) is 0.